The molecule has 37 heavy (non-hydrogen) atoms. The third kappa shape index (κ3) is 4.87. The van der Waals surface area contributed by atoms with E-state index < -0.39 is 17.2 Å². The summed E-state index contributed by atoms with van der Waals surface area (Å²) in [6.45, 7) is 13.9. The number of aryl methyl sites for hydroxylation is 1. The van der Waals surface area contributed by atoms with E-state index in [1.165, 1.54) is 12.3 Å². The average molecular weight is 509 g/mol. The summed E-state index contributed by atoms with van der Waals surface area (Å²) in [5.41, 5.74) is 0.851. The summed E-state index contributed by atoms with van der Waals surface area (Å²) in [6, 6.07) is 6.96. The number of fused-ring (bicyclic) bond motifs is 1. The lowest BCUT2D eigenvalue weighted by atomic mass is 9.84. The number of benzene rings is 1. The molecule has 2 aliphatic heterocycles. The molecule has 1 saturated heterocycles. The molecule has 3 aromatic rings. The van der Waals surface area contributed by atoms with E-state index in [-0.39, 0.29) is 18.0 Å². The number of likely N-dealkylation sites (N-methyl/N-ethyl adjacent to an activating group) is 1. The molecule has 0 aliphatic carbocycles. The van der Waals surface area contributed by atoms with Crippen LogP contribution >= 0.6 is 0 Å². The first-order chi connectivity index (χ1) is 17.8. The highest BCUT2D eigenvalue weighted by atomic mass is 19.1. The SMILES string of the molecule is CCN1CCN(Cc2ccc(NC3(c4cc(F)c5nc(C)n(C(C)C)c5c4)CC=NC=C3F)nn2)CC1. The Hall–Kier alpha value is -3.24. The highest BCUT2D eigenvalue weighted by Crippen LogP contribution is 2.40. The quantitative estimate of drug-likeness (QED) is 0.504. The lowest BCUT2D eigenvalue weighted by Crippen LogP contribution is -2.45. The van der Waals surface area contributed by atoms with Gasteiger partial charge in [0, 0.05) is 51.4 Å². The van der Waals surface area contributed by atoms with Gasteiger partial charge < -0.3 is 14.8 Å². The number of imidazole rings is 1. The monoisotopic (exact) mass is 508 g/mol. The van der Waals surface area contributed by atoms with Crippen LogP contribution in [-0.4, -0.2) is 68.5 Å². The van der Waals surface area contributed by atoms with Crippen molar-refractivity contribution in [1.82, 2.24) is 29.5 Å². The molecular formula is C27H34F2N8. The largest absolute Gasteiger partial charge is 0.353 e. The summed E-state index contributed by atoms with van der Waals surface area (Å²) >= 11 is 0. The number of anilines is 1. The number of piperazine rings is 1. The van der Waals surface area contributed by atoms with Crippen molar-refractivity contribution in [2.75, 3.05) is 38.0 Å². The van der Waals surface area contributed by atoms with Crippen LogP contribution in [0.15, 0.2) is 41.3 Å². The van der Waals surface area contributed by atoms with Gasteiger partial charge in [-0.2, -0.15) is 5.10 Å². The van der Waals surface area contributed by atoms with Crippen LogP contribution in [0.4, 0.5) is 14.6 Å². The molecule has 2 aliphatic rings. The Morgan fingerprint density at radius 3 is 2.46 bits per heavy atom. The summed E-state index contributed by atoms with van der Waals surface area (Å²) in [7, 11) is 0. The Morgan fingerprint density at radius 1 is 1.05 bits per heavy atom. The van der Waals surface area contributed by atoms with E-state index in [0.29, 0.717) is 22.7 Å². The van der Waals surface area contributed by atoms with E-state index in [1.54, 1.807) is 6.21 Å². The third-order valence-corrected chi connectivity index (χ3v) is 7.39. The number of hydrogen-bond donors (Lipinski definition) is 1. The summed E-state index contributed by atoms with van der Waals surface area (Å²) in [5.74, 6) is 0.117. The molecule has 0 amide bonds. The maximum atomic E-state index is 15.6. The van der Waals surface area contributed by atoms with Crippen LogP contribution in [0, 0.1) is 12.7 Å². The third-order valence-electron chi connectivity index (χ3n) is 7.39. The Bertz CT molecular complexity index is 1320. The number of rotatable bonds is 7. The van der Waals surface area contributed by atoms with E-state index in [4.69, 9.17) is 0 Å². The molecular weight excluding hydrogens is 474 g/mol. The van der Waals surface area contributed by atoms with Gasteiger partial charge in [-0.05, 0) is 57.1 Å². The molecule has 0 bridgehead atoms. The molecule has 5 rings (SSSR count). The highest BCUT2D eigenvalue weighted by Gasteiger charge is 2.40. The summed E-state index contributed by atoms with van der Waals surface area (Å²) in [5, 5.41) is 12.0. The average Bonchev–Trinajstić information content (AvgIpc) is 3.24. The van der Waals surface area contributed by atoms with E-state index >= 15 is 8.78 Å². The predicted octanol–water partition coefficient (Wildman–Crippen LogP) is 4.59. The standard InChI is InChI=1S/C27H34F2N8/c1-5-35-10-12-36(13-11-35)17-21-6-7-25(34-33-21)32-27(8-9-30-16-24(27)29)20-14-22(28)26-23(15-20)37(18(2)3)19(4)31-26/h6-7,9,14-16,18H,5,8,10-13,17H2,1-4H3,(H,32,34). The predicted molar refractivity (Wildman–Crippen MR) is 142 cm³/mol. The molecule has 1 aromatic carbocycles. The van der Waals surface area contributed by atoms with Crippen molar-refractivity contribution in [2.45, 2.75) is 52.2 Å². The van der Waals surface area contributed by atoms with Gasteiger partial charge in [0.2, 0.25) is 0 Å². The zero-order valence-corrected chi connectivity index (χ0v) is 21.9. The van der Waals surface area contributed by atoms with Crippen molar-refractivity contribution < 1.29 is 8.78 Å². The molecule has 0 spiro atoms. The number of aromatic nitrogens is 4. The fraction of sp³-hybridized carbons (Fsp3) is 0.481. The number of nitrogens with one attached hydrogen (secondary N) is 1. The molecule has 4 heterocycles. The first kappa shape index (κ1) is 25.4. The normalized spacial score (nSPS) is 21.1. The second kappa shape index (κ2) is 10.3. The van der Waals surface area contributed by atoms with E-state index in [9.17, 15) is 0 Å². The molecule has 1 atom stereocenters. The fourth-order valence-electron chi connectivity index (χ4n) is 5.34. The minimum Gasteiger partial charge on any atom is -0.353 e. The molecule has 8 nitrogen and oxygen atoms in total. The van der Waals surface area contributed by atoms with Crippen molar-refractivity contribution in [2.24, 2.45) is 4.99 Å². The van der Waals surface area contributed by atoms with Crippen LogP contribution in [0.3, 0.4) is 0 Å². The van der Waals surface area contributed by atoms with Crippen molar-refractivity contribution >= 4 is 23.1 Å². The van der Waals surface area contributed by atoms with Crippen LogP contribution in [0.1, 0.15) is 50.3 Å². The Morgan fingerprint density at radius 2 is 1.81 bits per heavy atom. The molecule has 1 fully saturated rings. The maximum Gasteiger partial charge on any atom is 0.151 e. The molecule has 2 aromatic heterocycles. The minimum absolute atomic E-state index is 0.0697. The van der Waals surface area contributed by atoms with Gasteiger partial charge in [-0.3, -0.25) is 9.89 Å². The maximum absolute atomic E-state index is 15.6. The Balaban J connectivity index is 1.44. The first-order valence-electron chi connectivity index (χ1n) is 12.9. The van der Waals surface area contributed by atoms with E-state index in [0.717, 1.165) is 45.0 Å². The van der Waals surface area contributed by atoms with Gasteiger partial charge in [0.05, 0.1) is 17.4 Å². The van der Waals surface area contributed by atoms with Crippen LogP contribution in [0.2, 0.25) is 0 Å². The number of hydrogen-bond acceptors (Lipinski definition) is 7. The van der Waals surface area contributed by atoms with Gasteiger partial charge in [0.15, 0.2) is 5.82 Å². The van der Waals surface area contributed by atoms with Crippen LogP contribution < -0.4 is 5.32 Å². The van der Waals surface area contributed by atoms with Gasteiger partial charge in [-0.25, -0.2) is 13.8 Å². The molecule has 196 valence electrons. The van der Waals surface area contributed by atoms with Crippen molar-refractivity contribution in [3.05, 3.63) is 59.2 Å². The van der Waals surface area contributed by atoms with Gasteiger partial charge >= 0.3 is 0 Å². The van der Waals surface area contributed by atoms with Gasteiger partial charge in [-0.1, -0.05) is 6.92 Å². The zero-order valence-electron chi connectivity index (χ0n) is 21.9. The molecule has 0 saturated carbocycles. The summed E-state index contributed by atoms with van der Waals surface area (Å²) in [4.78, 5) is 13.2. The second-order valence-electron chi connectivity index (χ2n) is 10.1. The van der Waals surface area contributed by atoms with Gasteiger partial charge in [-0.15, -0.1) is 5.10 Å². The highest BCUT2D eigenvalue weighted by molar-refractivity contribution is 5.79. The van der Waals surface area contributed by atoms with Crippen LogP contribution in [-0.2, 0) is 12.1 Å². The molecule has 0 radical (unpaired) electrons. The Labute approximate surface area is 216 Å². The van der Waals surface area contributed by atoms with Crippen molar-refractivity contribution in [3.8, 4) is 0 Å². The topological polar surface area (TPSA) is 74.5 Å². The lowest BCUT2D eigenvalue weighted by molar-refractivity contribution is 0.130. The zero-order chi connectivity index (χ0) is 26.2. The van der Waals surface area contributed by atoms with E-state index in [1.807, 2.05) is 43.5 Å². The van der Waals surface area contributed by atoms with Crippen LogP contribution in [0.25, 0.3) is 11.0 Å². The first-order valence-corrected chi connectivity index (χ1v) is 12.9. The molecule has 1 N–H and O–H groups in total. The number of halogens is 2. The van der Waals surface area contributed by atoms with Crippen molar-refractivity contribution in [1.29, 1.82) is 0 Å². The summed E-state index contributed by atoms with van der Waals surface area (Å²) < 4.78 is 32.9. The van der Waals surface area contributed by atoms with Crippen molar-refractivity contribution in [3.63, 3.8) is 0 Å². The smallest absolute Gasteiger partial charge is 0.151 e. The minimum atomic E-state index is -1.36. The number of aliphatic imine (C=N–C) groups is 1. The molecule has 1 unspecified atom stereocenters. The van der Waals surface area contributed by atoms with Gasteiger partial charge in [0.1, 0.15) is 28.5 Å². The van der Waals surface area contributed by atoms with E-state index in [2.05, 4.69) is 42.2 Å². The lowest BCUT2D eigenvalue weighted by Gasteiger charge is -2.35. The van der Waals surface area contributed by atoms with Gasteiger partial charge in [0.25, 0.3) is 0 Å². The Kier molecular flexibility index (Phi) is 7.04. The number of nitrogens with zero attached hydrogens (tertiary/aromatic N) is 7. The second-order valence-corrected chi connectivity index (χ2v) is 10.1. The molecule has 10 heteroatoms. The fourth-order valence-corrected chi connectivity index (χ4v) is 5.34. The van der Waals surface area contributed by atoms with Crippen LogP contribution in [0.5, 0.6) is 0 Å². The summed E-state index contributed by atoms with van der Waals surface area (Å²) in [6.07, 6.45) is 2.99.